The summed E-state index contributed by atoms with van der Waals surface area (Å²) in [6.07, 6.45) is 1.30. The van der Waals surface area contributed by atoms with Gasteiger partial charge in [0.25, 0.3) is 0 Å². The Labute approximate surface area is 104 Å². The van der Waals surface area contributed by atoms with Crippen LogP contribution in [0.3, 0.4) is 0 Å². The van der Waals surface area contributed by atoms with E-state index >= 15 is 0 Å². The maximum Gasteiger partial charge on any atom is 0.345 e. The van der Waals surface area contributed by atoms with Gasteiger partial charge >= 0.3 is 5.97 Å². The largest absolute Gasteiger partial charge is 0.345 e. The molecule has 0 rings (SSSR count). The van der Waals surface area contributed by atoms with Gasteiger partial charge in [-0.3, -0.25) is 4.89 Å². The topological polar surface area (TPSA) is 44.8 Å². The van der Waals surface area contributed by atoms with E-state index in [-0.39, 0.29) is 11.3 Å². The smallest absolute Gasteiger partial charge is 0.269 e. The van der Waals surface area contributed by atoms with E-state index in [0.29, 0.717) is 6.42 Å². The average Bonchev–Trinajstić information content (AvgIpc) is 1.96. The molecule has 0 bridgehead atoms. The first-order valence-electron chi connectivity index (χ1n) is 6.05. The second-order valence-corrected chi connectivity index (χ2v) is 6.79. The Morgan fingerprint density at radius 2 is 1.65 bits per heavy atom. The molecule has 0 fully saturated rings. The number of hydrogen-bond donors (Lipinski definition) is 0. The highest BCUT2D eigenvalue weighted by atomic mass is 17.5. The first-order chi connectivity index (χ1) is 7.49. The van der Waals surface area contributed by atoms with E-state index in [1.165, 1.54) is 0 Å². The van der Waals surface area contributed by atoms with Gasteiger partial charge in [0, 0.05) is 0 Å². The van der Waals surface area contributed by atoms with Gasteiger partial charge < -0.3 is 0 Å². The van der Waals surface area contributed by atoms with Crippen LogP contribution in [0.4, 0.5) is 0 Å². The van der Waals surface area contributed by atoms with Gasteiger partial charge in [0.1, 0.15) is 0 Å². The highest BCUT2D eigenvalue weighted by molar-refractivity contribution is 5.68. The fraction of sp³-hybridized carbons (Fsp3) is 0.923. The van der Waals surface area contributed by atoms with Crippen molar-refractivity contribution in [2.24, 2.45) is 11.3 Å². The van der Waals surface area contributed by atoms with Crippen LogP contribution in [-0.4, -0.2) is 11.6 Å². The Morgan fingerprint density at radius 1 is 1.12 bits per heavy atom. The Bertz CT molecular complexity index is 235. The summed E-state index contributed by atoms with van der Waals surface area (Å²) < 4.78 is 0. The third-order valence-corrected chi connectivity index (χ3v) is 1.89. The molecule has 0 aliphatic carbocycles. The molecule has 0 saturated heterocycles. The highest BCUT2D eigenvalue weighted by Gasteiger charge is 2.20. The number of rotatable bonds is 5. The van der Waals surface area contributed by atoms with Crippen molar-refractivity contribution in [2.45, 2.75) is 66.9 Å². The predicted molar refractivity (Wildman–Crippen MR) is 65.9 cm³/mol. The maximum atomic E-state index is 11.4. The zero-order chi connectivity index (χ0) is 13.7. The van der Waals surface area contributed by atoms with E-state index in [1.54, 1.807) is 0 Å². The number of carbonyl (C=O) groups excluding carboxylic acids is 1. The van der Waals surface area contributed by atoms with E-state index < -0.39 is 11.6 Å². The molecule has 0 aromatic rings. The molecule has 1 unspecified atom stereocenters. The van der Waals surface area contributed by atoms with Crippen molar-refractivity contribution < 1.29 is 19.6 Å². The van der Waals surface area contributed by atoms with Crippen LogP contribution in [-0.2, 0) is 19.6 Å². The van der Waals surface area contributed by atoms with Crippen LogP contribution in [0.15, 0.2) is 0 Å². The summed E-state index contributed by atoms with van der Waals surface area (Å²) in [5.41, 5.74) is -0.278. The lowest BCUT2D eigenvalue weighted by Gasteiger charge is -2.22. The lowest BCUT2D eigenvalue weighted by molar-refractivity contribution is -0.514. The molecule has 17 heavy (non-hydrogen) atoms. The molecule has 0 spiro atoms. The standard InChI is InChI=1S/C13H26O4/c1-10(9-12(2,3)4)8-11(14)15-17-16-13(5,6)7/h10H,8-9H2,1-7H3. The number of hydrogen-bond acceptors (Lipinski definition) is 4. The van der Waals surface area contributed by atoms with E-state index in [0.717, 1.165) is 6.42 Å². The van der Waals surface area contributed by atoms with Crippen molar-refractivity contribution in [2.75, 3.05) is 0 Å². The van der Waals surface area contributed by atoms with Gasteiger partial charge in [-0.25, -0.2) is 4.79 Å². The van der Waals surface area contributed by atoms with Crippen LogP contribution in [0.25, 0.3) is 0 Å². The van der Waals surface area contributed by atoms with Crippen LogP contribution in [0.2, 0.25) is 0 Å². The second kappa shape index (κ2) is 6.36. The van der Waals surface area contributed by atoms with Crippen LogP contribution >= 0.6 is 0 Å². The lowest BCUT2D eigenvalue weighted by Crippen LogP contribution is -2.21. The van der Waals surface area contributed by atoms with Crippen molar-refractivity contribution in [1.29, 1.82) is 0 Å². The van der Waals surface area contributed by atoms with Crippen molar-refractivity contribution >= 4 is 5.97 Å². The molecule has 0 radical (unpaired) electrons. The zero-order valence-corrected chi connectivity index (χ0v) is 12.1. The van der Waals surface area contributed by atoms with Gasteiger partial charge in [-0.1, -0.05) is 27.7 Å². The van der Waals surface area contributed by atoms with Crippen molar-refractivity contribution in [3.63, 3.8) is 0 Å². The van der Waals surface area contributed by atoms with E-state index in [9.17, 15) is 4.79 Å². The molecular formula is C13H26O4. The number of carbonyl (C=O) groups is 1. The van der Waals surface area contributed by atoms with E-state index in [2.05, 4.69) is 30.7 Å². The quantitative estimate of drug-likeness (QED) is 0.548. The van der Waals surface area contributed by atoms with Crippen LogP contribution in [0, 0.1) is 11.3 Å². The van der Waals surface area contributed by atoms with Gasteiger partial charge in [-0.05, 0) is 43.6 Å². The van der Waals surface area contributed by atoms with Crippen LogP contribution in [0.5, 0.6) is 0 Å². The molecule has 0 heterocycles. The van der Waals surface area contributed by atoms with Gasteiger partial charge in [0.2, 0.25) is 0 Å². The predicted octanol–water partition coefficient (Wildman–Crippen LogP) is 3.65. The Morgan fingerprint density at radius 3 is 2.06 bits per heavy atom. The van der Waals surface area contributed by atoms with Crippen molar-refractivity contribution in [1.82, 2.24) is 0 Å². The van der Waals surface area contributed by atoms with Crippen molar-refractivity contribution in [3.05, 3.63) is 0 Å². The van der Waals surface area contributed by atoms with Crippen molar-refractivity contribution in [3.8, 4) is 0 Å². The summed E-state index contributed by atoms with van der Waals surface area (Å²) in [5.74, 6) is -0.133. The summed E-state index contributed by atoms with van der Waals surface area (Å²) >= 11 is 0. The Balaban J connectivity index is 3.80. The Hall–Kier alpha value is -0.610. The summed E-state index contributed by atoms with van der Waals surface area (Å²) in [4.78, 5) is 20.8. The fourth-order valence-corrected chi connectivity index (χ4v) is 1.59. The third-order valence-electron chi connectivity index (χ3n) is 1.89. The third kappa shape index (κ3) is 11.6. The Kier molecular flexibility index (Phi) is 6.13. The average molecular weight is 246 g/mol. The first-order valence-corrected chi connectivity index (χ1v) is 6.05. The van der Waals surface area contributed by atoms with Crippen LogP contribution < -0.4 is 0 Å². The molecule has 4 nitrogen and oxygen atoms in total. The minimum atomic E-state index is -0.489. The molecule has 0 amide bonds. The summed E-state index contributed by atoms with van der Waals surface area (Å²) in [5, 5.41) is 4.44. The molecule has 1 atom stereocenters. The maximum absolute atomic E-state index is 11.4. The molecule has 0 aliphatic rings. The monoisotopic (exact) mass is 246 g/mol. The molecule has 0 saturated carbocycles. The molecule has 0 aromatic heterocycles. The highest BCUT2D eigenvalue weighted by Crippen LogP contribution is 2.26. The zero-order valence-electron chi connectivity index (χ0n) is 12.1. The molecular weight excluding hydrogens is 220 g/mol. The van der Waals surface area contributed by atoms with Gasteiger partial charge in [-0.2, -0.15) is 4.89 Å². The summed E-state index contributed by atoms with van der Waals surface area (Å²) in [6, 6.07) is 0. The molecule has 4 heteroatoms. The SMILES string of the molecule is CC(CC(=O)OOOC(C)(C)C)CC(C)(C)C. The summed E-state index contributed by atoms with van der Waals surface area (Å²) in [7, 11) is 0. The lowest BCUT2D eigenvalue weighted by atomic mass is 9.84. The minimum absolute atomic E-state index is 0.211. The van der Waals surface area contributed by atoms with Crippen LogP contribution in [0.1, 0.15) is 61.3 Å². The normalized spacial score (nSPS) is 14.5. The van der Waals surface area contributed by atoms with E-state index in [4.69, 9.17) is 4.89 Å². The molecule has 0 aliphatic heterocycles. The van der Waals surface area contributed by atoms with Gasteiger partial charge in [-0.15, -0.1) is 0 Å². The molecule has 102 valence electrons. The fourth-order valence-electron chi connectivity index (χ4n) is 1.59. The second-order valence-electron chi connectivity index (χ2n) is 6.79. The molecule has 0 aromatic carbocycles. The van der Waals surface area contributed by atoms with E-state index in [1.807, 2.05) is 27.7 Å². The van der Waals surface area contributed by atoms with Gasteiger partial charge in [0.05, 0.1) is 12.0 Å². The minimum Gasteiger partial charge on any atom is -0.269 e. The first kappa shape index (κ1) is 16.4. The molecule has 0 N–H and O–H groups in total. The summed E-state index contributed by atoms with van der Waals surface area (Å²) in [6.45, 7) is 13.9. The van der Waals surface area contributed by atoms with Gasteiger partial charge in [0.15, 0.2) is 0 Å².